The summed E-state index contributed by atoms with van der Waals surface area (Å²) in [6.45, 7) is 13.3. The Balaban J connectivity index is 2.57. The third-order valence-electron chi connectivity index (χ3n) is 5.09. The summed E-state index contributed by atoms with van der Waals surface area (Å²) in [4.78, 5) is 0. The smallest absolute Gasteiger partial charge is 0.0841 e. The zero-order chi connectivity index (χ0) is 14.0. The molecule has 0 aliphatic heterocycles. The molecule has 3 atom stereocenters. The first-order valence-electron chi connectivity index (χ1n) is 7.57. The maximum atomic E-state index is 10.3. The van der Waals surface area contributed by atoms with Gasteiger partial charge in [0.15, 0.2) is 0 Å². The number of hydrogen-bond donors (Lipinski definition) is 1. The number of aliphatic hydroxyl groups excluding tert-OH is 1. The monoisotopic (exact) mass is 256 g/mol. The molecule has 0 spiro atoms. The van der Waals surface area contributed by atoms with Crippen molar-refractivity contribution in [2.24, 2.45) is 11.3 Å². The highest BCUT2D eigenvalue weighted by atomic mass is 16.5. The van der Waals surface area contributed by atoms with Gasteiger partial charge in [-0.05, 0) is 50.9 Å². The fourth-order valence-corrected chi connectivity index (χ4v) is 2.75. The third-order valence-corrected chi connectivity index (χ3v) is 5.09. The maximum absolute atomic E-state index is 10.3. The summed E-state index contributed by atoms with van der Waals surface area (Å²) < 4.78 is 6.08. The molecule has 0 aromatic carbocycles. The molecule has 0 bridgehead atoms. The van der Waals surface area contributed by atoms with E-state index in [1.807, 2.05) is 0 Å². The topological polar surface area (TPSA) is 29.5 Å². The zero-order valence-electron chi connectivity index (χ0n) is 13.1. The lowest BCUT2D eigenvalue weighted by Gasteiger charge is -2.43. The van der Waals surface area contributed by atoms with Crippen LogP contribution in [0.3, 0.4) is 0 Å². The zero-order valence-corrected chi connectivity index (χ0v) is 13.1. The summed E-state index contributed by atoms with van der Waals surface area (Å²) in [5.74, 6) is 0.627. The second kappa shape index (κ2) is 5.92. The minimum Gasteiger partial charge on any atom is -0.390 e. The maximum Gasteiger partial charge on any atom is 0.0841 e. The number of rotatable bonds is 5. The minimum absolute atomic E-state index is 0.0313. The van der Waals surface area contributed by atoms with Crippen LogP contribution < -0.4 is 0 Å². The van der Waals surface area contributed by atoms with E-state index in [-0.39, 0.29) is 17.8 Å². The summed E-state index contributed by atoms with van der Waals surface area (Å²) in [6.07, 6.45) is 4.98. The van der Waals surface area contributed by atoms with E-state index in [2.05, 4.69) is 41.5 Å². The average Bonchev–Trinajstić information content (AvgIpc) is 2.31. The van der Waals surface area contributed by atoms with E-state index >= 15 is 0 Å². The van der Waals surface area contributed by atoms with Crippen LogP contribution in [0.1, 0.15) is 73.6 Å². The molecule has 2 nitrogen and oxygen atoms in total. The predicted molar refractivity (Wildman–Crippen MR) is 76.7 cm³/mol. The molecule has 2 heteroatoms. The Morgan fingerprint density at radius 3 is 2.11 bits per heavy atom. The van der Waals surface area contributed by atoms with Gasteiger partial charge in [-0.1, -0.05) is 34.1 Å². The van der Waals surface area contributed by atoms with Crippen LogP contribution in [0.25, 0.3) is 0 Å². The molecule has 0 amide bonds. The second-order valence-corrected chi connectivity index (χ2v) is 7.19. The first-order valence-corrected chi connectivity index (χ1v) is 7.57. The van der Waals surface area contributed by atoms with Gasteiger partial charge in [0.05, 0.1) is 17.8 Å². The normalized spacial score (nSPS) is 30.5. The van der Waals surface area contributed by atoms with Crippen LogP contribution in [0.15, 0.2) is 0 Å². The molecule has 3 unspecified atom stereocenters. The summed E-state index contributed by atoms with van der Waals surface area (Å²) in [7, 11) is 0. The molecule has 18 heavy (non-hydrogen) atoms. The van der Waals surface area contributed by atoms with Gasteiger partial charge in [0.2, 0.25) is 0 Å². The van der Waals surface area contributed by atoms with Crippen molar-refractivity contribution in [3.8, 4) is 0 Å². The third kappa shape index (κ3) is 3.96. The number of hydrogen-bond acceptors (Lipinski definition) is 2. The van der Waals surface area contributed by atoms with Crippen LogP contribution >= 0.6 is 0 Å². The van der Waals surface area contributed by atoms with Gasteiger partial charge >= 0.3 is 0 Å². The largest absolute Gasteiger partial charge is 0.390 e. The van der Waals surface area contributed by atoms with Crippen LogP contribution in [0, 0.1) is 11.3 Å². The standard InChI is InChI=1S/C16H32O2/c1-7-15(3,4)12-9-10-14(13(17)11-12)18-16(5,6)8-2/h12-14,17H,7-11H2,1-6H3. The van der Waals surface area contributed by atoms with Gasteiger partial charge in [0.25, 0.3) is 0 Å². The van der Waals surface area contributed by atoms with Crippen LogP contribution in [-0.2, 0) is 4.74 Å². The molecular weight excluding hydrogens is 224 g/mol. The highest BCUT2D eigenvalue weighted by Gasteiger charge is 2.38. The lowest BCUT2D eigenvalue weighted by Crippen LogP contribution is -2.44. The molecule has 0 radical (unpaired) electrons. The van der Waals surface area contributed by atoms with E-state index in [1.54, 1.807) is 0 Å². The van der Waals surface area contributed by atoms with E-state index in [0.29, 0.717) is 11.3 Å². The minimum atomic E-state index is -0.291. The lowest BCUT2D eigenvalue weighted by atomic mass is 9.68. The van der Waals surface area contributed by atoms with Crippen molar-refractivity contribution in [1.82, 2.24) is 0 Å². The van der Waals surface area contributed by atoms with Crippen molar-refractivity contribution >= 4 is 0 Å². The second-order valence-electron chi connectivity index (χ2n) is 7.19. The van der Waals surface area contributed by atoms with E-state index in [1.165, 1.54) is 12.8 Å². The Bertz CT molecular complexity index is 258. The molecule has 0 aromatic heterocycles. The molecule has 0 aromatic rings. The van der Waals surface area contributed by atoms with Gasteiger partial charge < -0.3 is 9.84 Å². The first-order chi connectivity index (χ1) is 8.22. The summed E-state index contributed by atoms with van der Waals surface area (Å²) in [5, 5.41) is 10.3. The fourth-order valence-electron chi connectivity index (χ4n) is 2.75. The SMILES string of the molecule is CCC(C)(C)OC1CCC(C(C)(C)CC)CC1O. The summed E-state index contributed by atoms with van der Waals surface area (Å²) >= 11 is 0. The van der Waals surface area contributed by atoms with Crippen molar-refractivity contribution in [2.45, 2.75) is 91.5 Å². The molecule has 1 N–H and O–H groups in total. The number of aliphatic hydroxyl groups is 1. The van der Waals surface area contributed by atoms with Crippen molar-refractivity contribution in [2.75, 3.05) is 0 Å². The van der Waals surface area contributed by atoms with Crippen LogP contribution in [-0.4, -0.2) is 22.9 Å². The molecular formula is C16H32O2. The van der Waals surface area contributed by atoms with E-state index in [4.69, 9.17) is 4.74 Å². The molecule has 108 valence electrons. The molecule has 1 rings (SSSR count). The van der Waals surface area contributed by atoms with Crippen LogP contribution in [0.2, 0.25) is 0 Å². The van der Waals surface area contributed by atoms with Crippen LogP contribution in [0.5, 0.6) is 0 Å². The van der Waals surface area contributed by atoms with Crippen LogP contribution in [0.4, 0.5) is 0 Å². The molecule has 1 fully saturated rings. The Morgan fingerprint density at radius 2 is 1.67 bits per heavy atom. The molecule has 0 saturated heterocycles. The van der Waals surface area contributed by atoms with Crippen molar-refractivity contribution < 1.29 is 9.84 Å². The Labute approximate surface area is 113 Å². The summed E-state index contributed by atoms with van der Waals surface area (Å²) in [5.41, 5.74) is 0.227. The summed E-state index contributed by atoms with van der Waals surface area (Å²) in [6, 6.07) is 0. The van der Waals surface area contributed by atoms with Crippen molar-refractivity contribution in [3.05, 3.63) is 0 Å². The van der Waals surface area contributed by atoms with E-state index in [9.17, 15) is 5.11 Å². The Morgan fingerprint density at radius 1 is 1.06 bits per heavy atom. The van der Waals surface area contributed by atoms with Gasteiger partial charge in [0, 0.05) is 0 Å². The van der Waals surface area contributed by atoms with Gasteiger partial charge in [-0.15, -0.1) is 0 Å². The van der Waals surface area contributed by atoms with Crippen molar-refractivity contribution in [3.63, 3.8) is 0 Å². The fraction of sp³-hybridized carbons (Fsp3) is 1.00. The highest BCUT2D eigenvalue weighted by Crippen LogP contribution is 2.41. The lowest BCUT2D eigenvalue weighted by molar-refractivity contribution is -0.146. The van der Waals surface area contributed by atoms with E-state index in [0.717, 1.165) is 19.3 Å². The molecule has 1 aliphatic carbocycles. The predicted octanol–water partition coefficient (Wildman–Crippen LogP) is 4.16. The van der Waals surface area contributed by atoms with Gasteiger partial charge in [-0.2, -0.15) is 0 Å². The van der Waals surface area contributed by atoms with Gasteiger partial charge in [-0.25, -0.2) is 0 Å². The average molecular weight is 256 g/mol. The number of ether oxygens (including phenoxy) is 1. The molecule has 0 heterocycles. The Hall–Kier alpha value is -0.0800. The highest BCUT2D eigenvalue weighted by molar-refractivity contribution is 4.88. The first kappa shape index (κ1) is 16.0. The van der Waals surface area contributed by atoms with Gasteiger partial charge in [0.1, 0.15) is 0 Å². The van der Waals surface area contributed by atoms with Crippen molar-refractivity contribution in [1.29, 1.82) is 0 Å². The quantitative estimate of drug-likeness (QED) is 0.800. The van der Waals surface area contributed by atoms with E-state index < -0.39 is 0 Å². The Kier molecular flexibility index (Phi) is 5.25. The molecule has 1 saturated carbocycles. The molecule has 1 aliphatic rings. The van der Waals surface area contributed by atoms with Gasteiger partial charge in [-0.3, -0.25) is 0 Å².